The van der Waals surface area contributed by atoms with E-state index in [0.29, 0.717) is 0 Å². The summed E-state index contributed by atoms with van der Waals surface area (Å²) >= 11 is 11.5. The molecule has 1 aromatic heterocycles. The molecular weight excluding hydrogens is 343 g/mol. The first-order valence-electron chi connectivity index (χ1n) is 5.24. The standard InChI is InChI=1S/C10H6Cl2N4O4S/c11-7-5-6(16(17)18)1-2-8(7)21(19,20)15-10-9(12)13-3-4-14-10/h1-5H,(H,14,15). The molecule has 1 heterocycles. The molecule has 0 saturated heterocycles. The molecule has 11 heteroatoms. The monoisotopic (exact) mass is 348 g/mol. The molecule has 0 bridgehead atoms. The quantitative estimate of drug-likeness (QED) is 0.670. The highest BCUT2D eigenvalue weighted by Gasteiger charge is 2.22. The van der Waals surface area contributed by atoms with Crippen molar-refractivity contribution in [2.24, 2.45) is 0 Å². The number of non-ortho nitro benzene ring substituents is 1. The van der Waals surface area contributed by atoms with Crippen LogP contribution < -0.4 is 4.72 Å². The van der Waals surface area contributed by atoms with Gasteiger partial charge in [-0.25, -0.2) is 18.4 Å². The van der Waals surface area contributed by atoms with Crippen LogP contribution in [0, 0.1) is 10.1 Å². The van der Waals surface area contributed by atoms with Crippen LogP contribution in [0.1, 0.15) is 0 Å². The molecule has 0 aliphatic rings. The van der Waals surface area contributed by atoms with Gasteiger partial charge in [-0.1, -0.05) is 23.2 Å². The molecule has 0 spiro atoms. The molecule has 0 unspecified atom stereocenters. The summed E-state index contributed by atoms with van der Waals surface area (Å²) in [6.07, 6.45) is 2.54. The number of benzene rings is 1. The zero-order valence-corrected chi connectivity index (χ0v) is 12.4. The lowest BCUT2D eigenvalue weighted by Crippen LogP contribution is -2.15. The van der Waals surface area contributed by atoms with Crippen LogP contribution >= 0.6 is 23.2 Å². The second-order valence-electron chi connectivity index (χ2n) is 3.67. The van der Waals surface area contributed by atoms with Crippen LogP contribution in [0.4, 0.5) is 11.5 Å². The van der Waals surface area contributed by atoms with Gasteiger partial charge in [0.15, 0.2) is 11.0 Å². The average molecular weight is 349 g/mol. The normalized spacial score (nSPS) is 11.1. The molecule has 0 fully saturated rings. The number of hydrogen-bond donors (Lipinski definition) is 1. The molecule has 0 saturated carbocycles. The number of nitrogens with one attached hydrogen (secondary N) is 1. The van der Waals surface area contributed by atoms with Crippen molar-refractivity contribution < 1.29 is 13.3 Å². The highest BCUT2D eigenvalue weighted by atomic mass is 35.5. The molecule has 0 radical (unpaired) electrons. The Bertz CT molecular complexity index is 812. The van der Waals surface area contributed by atoms with Crippen molar-refractivity contribution in [1.29, 1.82) is 0 Å². The summed E-state index contributed by atoms with van der Waals surface area (Å²) in [6.45, 7) is 0. The van der Waals surface area contributed by atoms with E-state index in [1.54, 1.807) is 0 Å². The first kappa shape index (κ1) is 15.4. The number of sulfonamides is 1. The number of rotatable bonds is 4. The zero-order chi connectivity index (χ0) is 15.6. The first-order valence-corrected chi connectivity index (χ1v) is 7.48. The van der Waals surface area contributed by atoms with Gasteiger partial charge in [0.05, 0.1) is 9.95 Å². The molecule has 21 heavy (non-hydrogen) atoms. The number of nitro groups is 1. The number of hydrogen-bond acceptors (Lipinski definition) is 6. The lowest BCUT2D eigenvalue weighted by atomic mass is 10.3. The van der Waals surface area contributed by atoms with Gasteiger partial charge in [-0.2, -0.15) is 0 Å². The van der Waals surface area contributed by atoms with Crippen LogP contribution in [-0.4, -0.2) is 23.3 Å². The van der Waals surface area contributed by atoms with Crippen molar-refractivity contribution in [1.82, 2.24) is 9.97 Å². The Morgan fingerprint density at radius 1 is 1.19 bits per heavy atom. The minimum absolute atomic E-state index is 0.140. The second-order valence-corrected chi connectivity index (χ2v) is 6.09. The van der Waals surface area contributed by atoms with Crippen LogP contribution in [0.5, 0.6) is 0 Å². The maximum Gasteiger partial charge on any atom is 0.271 e. The summed E-state index contributed by atoms with van der Waals surface area (Å²) in [5.74, 6) is -0.173. The number of anilines is 1. The van der Waals surface area contributed by atoms with E-state index < -0.39 is 14.9 Å². The van der Waals surface area contributed by atoms with Gasteiger partial charge in [-0.15, -0.1) is 0 Å². The van der Waals surface area contributed by atoms with Gasteiger partial charge in [0.2, 0.25) is 0 Å². The Labute approximate surface area is 128 Å². The van der Waals surface area contributed by atoms with Crippen LogP contribution in [-0.2, 0) is 10.0 Å². The van der Waals surface area contributed by atoms with Gasteiger partial charge in [-0.05, 0) is 6.07 Å². The summed E-state index contributed by atoms with van der Waals surface area (Å²) < 4.78 is 26.4. The third-order valence-corrected chi connectivity index (χ3v) is 4.40. The number of halogens is 2. The van der Waals surface area contributed by atoms with Crippen molar-refractivity contribution in [2.45, 2.75) is 4.90 Å². The lowest BCUT2D eigenvalue weighted by Gasteiger charge is -2.09. The van der Waals surface area contributed by atoms with Crippen LogP contribution in [0.15, 0.2) is 35.5 Å². The van der Waals surface area contributed by atoms with Crippen molar-refractivity contribution in [2.75, 3.05) is 4.72 Å². The summed E-state index contributed by atoms with van der Waals surface area (Å²) in [5, 5.41) is 10.2. The molecule has 110 valence electrons. The van der Waals surface area contributed by atoms with Gasteiger partial charge in [0.1, 0.15) is 4.90 Å². The minimum Gasteiger partial charge on any atom is -0.261 e. The van der Waals surface area contributed by atoms with Gasteiger partial charge >= 0.3 is 0 Å². The van der Waals surface area contributed by atoms with Gasteiger partial charge < -0.3 is 0 Å². The highest BCUT2D eigenvalue weighted by Crippen LogP contribution is 2.28. The smallest absolute Gasteiger partial charge is 0.261 e. The predicted molar refractivity (Wildman–Crippen MR) is 76.0 cm³/mol. The molecule has 2 aromatic rings. The molecule has 8 nitrogen and oxygen atoms in total. The van der Waals surface area contributed by atoms with Crippen LogP contribution in [0.25, 0.3) is 0 Å². The van der Waals surface area contributed by atoms with E-state index in [1.807, 2.05) is 0 Å². The third-order valence-electron chi connectivity index (χ3n) is 2.30. The van der Waals surface area contributed by atoms with E-state index in [0.717, 1.165) is 18.2 Å². The molecule has 0 aliphatic carbocycles. The Morgan fingerprint density at radius 3 is 2.43 bits per heavy atom. The average Bonchev–Trinajstić information content (AvgIpc) is 2.40. The Hall–Kier alpha value is -1.97. The Balaban J connectivity index is 2.41. The van der Waals surface area contributed by atoms with Crippen molar-refractivity contribution in [3.8, 4) is 0 Å². The van der Waals surface area contributed by atoms with E-state index in [-0.39, 0.29) is 26.6 Å². The zero-order valence-electron chi connectivity index (χ0n) is 10.0. The molecule has 0 amide bonds. The molecule has 1 N–H and O–H groups in total. The summed E-state index contributed by atoms with van der Waals surface area (Å²) in [6, 6.07) is 2.99. The van der Waals surface area contributed by atoms with E-state index in [4.69, 9.17) is 23.2 Å². The minimum atomic E-state index is -4.10. The largest absolute Gasteiger partial charge is 0.271 e. The fourth-order valence-corrected chi connectivity index (χ4v) is 3.16. The SMILES string of the molecule is O=[N+]([O-])c1ccc(S(=O)(=O)Nc2nccnc2Cl)c(Cl)c1. The maximum absolute atomic E-state index is 12.2. The predicted octanol–water partition coefficient (Wildman–Crippen LogP) is 2.49. The molecule has 0 atom stereocenters. The molecular formula is C10H6Cl2N4O4S. The van der Waals surface area contributed by atoms with Gasteiger partial charge in [-0.3, -0.25) is 14.8 Å². The number of aromatic nitrogens is 2. The van der Waals surface area contributed by atoms with Gasteiger partial charge in [0, 0.05) is 24.5 Å². The molecule has 2 rings (SSSR count). The van der Waals surface area contributed by atoms with E-state index in [1.165, 1.54) is 12.4 Å². The van der Waals surface area contributed by atoms with E-state index in [2.05, 4.69) is 14.7 Å². The van der Waals surface area contributed by atoms with E-state index in [9.17, 15) is 18.5 Å². The highest BCUT2D eigenvalue weighted by molar-refractivity contribution is 7.92. The maximum atomic E-state index is 12.2. The lowest BCUT2D eigenvalue weighted by molar-refractivity contribution is -0.384. The van der Waals surface area contributed by atoms with Crippen molar-refractivity contribution in [3.05, 3.63) is 50.9 Å². The molecule has 1 aromatic carbocycles. The topological polar surface area (TPSA) is 115 Å². The van der Waals surface area contributed by atoms with Gasteiger partial charge in [0.25, 0.3) is 15.7 Å². The Kier molecular flexibility index (Phi) is 4.26. The fourth-order valence-electron chi connectivity index (χ4n) is 1.39. The summed E-state index contributed by atoms with van der Waals surface area (Å²) in [5.41, 5.74) is -0.323. The second kappa shape index (κ2) is 5.80. The Morgan fingerprint density at radius 2 is 1.86 bits per heavy atom. The first-order chi connectivity index (χ1) is 9.81. The summed E-state index contributed by atoms with van der Waals surface area (Å²) in [7, 11) is -4.10. The third kappa shape index (κ3) is 3.38. The van der Waals surface area contributed by atoms with E-state index >= 15 is 0 Å². The van der Waals surface area contributed by atoms with Crippen molar-refractivity contribution >= 4 is 44.7 Å². The summed E-state index contributed by atoms with van der Waals surface area (Å²) in [4.78, 5) is 17.0. The number of nitrogens with zero attached hydrogens (tertiary/aromatic N) is 3. The van der Waals surface area contributed by atoms with Crippen LogP contribution in [0.2, 0.25) is 10.2 Å². The fraction of sp³-hybridized carbons (Fsp3) is 0. The number of nitro benzene ring substituents is 1. The van der Waals surface area contributed by atoms with Crippen molar-refractivity contribution in [3.63, 3.8) is 0 Å². The molecule has 0 aliphatic heterocycles. The van der Waals surface area contributed by atoms with Crippen LogP contribution in [0.3, 0.4) is 0 Å².